The lowest BCUT2D eigenvalue weighted by Gasteiger charge is -2.19. The average Bonchev–Trinajstić information content (AvgIpc) is 2.58. The summed E-state index contributed by atoms with van der Waals surface area (Å²) in [5.41, 5.74) is 0.960. The first-order valence-corrected chi connectivity index (χ1v) is 6.15. The number of aromatic nitrogens is 2. The van der Waals surface area contributed by atoms with Crippen LogP contribution in [0.25, 0.3) is 0 Å². The second-order valence-electron chi connectivity index (χ2n) is 4.14. The van der Waals surface area contributed by atoms with Crippen LogP contribution in [0.1, 0.15) is 25.0 Å². The minimum absolute atomic E-state index is 0.0368. The van der Waals surface area contributed by atoms with E-state index in [4.69, 9.17) is 0 Å². The van der Waals surface area contributed by atoms with Gasteiger partial charge in [0.05, 0.1) is 0 Å². The zero-order valence-electron chi connectivity index (χ0n) is 8.51. The smallest absolute Gasteiger partial charge is 0.252 e. The molecular formula is C10H13F2IN2. The van der Waals surface area contributed by atoms with Gasteiger partial charge in [-0.15, -0.1) is 0 Å². The first-order valence-electron chi connectivity index (χ1n) is 5.07. The Morgan fingerprint density at radius 1 is 1.67 bits per heavy atom. The lowest BCUT2D eigenvalue weighted by molar-refractivity contribution is -0.0434. The molecule has 2 nitrogen and oxygen atoms in total. The van der Waals surface area contributed by atoms with Gasteiger partial charge in [0.15, 0.2) is 0 Å². The molecule has 5 heteroatoms. The molecule has 1 aliphatic rings. The molecule has 0 radical (unpaired) electrons. The lowest BCUT2D eigenvalue weighted by Crippen LogP contribution is -2.26. The molecule has 1 aromatic rings. The highest BCUT2D eigenvalue weighted by molar-refractivity contribution is 14.1. The normalized spacial score (nSPS) is 24.7. The van der Waals surface area contributed by atoms with Gasteiger partial charge in [-0.3, -0.25) is 4.68 Å². The summed E-state index contributed by atoms with van der Waals surface area (Å²) in [6.07, 6.45) is 1.28. The first-order chi connectivity index (χ1) is 6.99. The molecular weight excluding hydrogens is 313 g/mol. The van der Waals surface area contributed by atoms with Crippen LogP contribution in [0.15, 0.2) is 6.07 Å². The number of nitrogens with zero attached hydrogens (tertiary/aromatic N) is 2. The molecule has 0 saturated heterocycles. The fourth-order valence-electron chi connectivity index (χ4n) is 2.09. The van der Waals surface area contributed by atoms with Gasteiger partial charge in [-0.05, 0) is 48.4 Å². The van der Waals surface area contributed by atoms with Gasteiger partial charge >= 0.3 is 0 Å². The predicted octanol–water partition coefficient (Wildman–Crippen LogP) is 3.23. The van der Waals surface area contributed by atoms with E-state index in [-0.39, 0.29) is 6.42 Å². The van der Waals surface area contributed by atoms with Crippen molar-refractivity contribution in [2.75, 3.05) is 0 Å². The van der Waals surface area contributed by atoms with Crippen LogP contribution in [0.2, 0.25) is 0 Å². The molecule has 1 saturated carbocycles. The summed E-state index contributed by atoms with van der Waals surface area (Å²) in [5, 5.41) is 4.21. The Balaban J connectivity index is 2.12. The minimum atomic E-state index is -2.50. The Morgan fingerprint density at radius 3 is 2.87 bits per heavy atom. The van der Waals surface area contributed by atoms with Crippen molar-refractivity contribution in [2.24, 2.45) is 5.92 Å². The van der Waals surface area contributed by atoms with Gasteiger partial charge in [-0.2, -0.15) is 5.10 Å². The summed E-state index contributed by atoms with van der Waals surface area (Å²) in [6.45, 7) is 2.25. The third kappa shape index (κ3) is 2.32. The summed E-state index contributed by atoms with van der Waals surface area (Å²) in [5.74, 6) is -3.03. The van der Waals surface area contributed by atoms with E-state index >= 15 is 0 Å². The van der Waals surface area contributed by atoms with Gasteiger partial charge in [-0.1, -0.05) is 0 Å². The molecule has 15 heavy (non-hydrogen) atoms. The van der Waals surface area contributed by atoms with Crippen LogP contribution in [-0.4, -0.2) is 15.7 Å². The zero-order valence-corrected chi connectivity index (χ0v) is 10.7. The van der Waals surface area contributed by atoms with E-state index < -0.39 is 11.8 Å². The molecule has 1 unspecified atom stereocenters. The monoisotopic (exact) mass is 326 g/mol. The molecule has 1 atom stereocenters. The van der Waals surface area contributed by atoms with Gasteiger partial charge in [0.2, 0.25) is 0 Å². The van der Waals surface area contributed by atoms with Crippen molar-refractivity contribution >= 4 is 22.6 Å². The standard InChI is InChI=1S/C10H13F2IN2/c1-7-5-9(13)14-15(7)6-8-3-2-4-10(8,11)12/h5,8H,2-4,6H2,1H3. The molecule has 0 aliphatic heterocycles. The summed E-state index contributed by atoms with van der Waals surface area (Å²) in [7, 11) is 0. The maximum absolute atomic E-state index is 13.4. The molecule has 1 heterocycles. The third-order valence-electron chi connectivity index (χ3n) is 3.00. The van der Waals surface area contributed by atoms with Crippen LogP contribution >= 0.6 is 22.6 Å². The van der Waals surface area contributed by atoms with E-state index in [0.29, 0.717) is 19.4 Å². The summed E-state index contributed by atoms with van der Waals surface area (Å²) in [4.78, 5) is 0. The number of alkyl halides is 2. The highest BCUT2D eigenvalue weighted by Crippen LogP contribution is 2.41. The Morgan fingerprint density at radius 2 is 2.40 bits per heavy atom. The highest BCUT2D eigenvalue weighted by Gasteiger charge is 2.43. The van der Waals surface area contributed by atoms with Crippen LogP contribution < -0.4 is 0 Å². The number of hydrogen-bond donors (Lipinski definition) is 0. The fourth-order valence-corrected chi connectivity index (χ4v) is 2.80. The van der Waals surface area contributed by atoms with Crippen molar-refractivity contribution in [2.45, 2.75) is 38.7 Å². The van der Waals surface area contributed by atoms with Gasteiger partial charge in [0, 0.05) is 24.6 Å². The topological polar surface area (TPSA) is 17.8 Å². The Hall–Kier alpha value is -0.200. The molecule has 0 spiro atoms. The second kappa shape index (κ2) is 3.99. The predicted molar refractivity (Wildman–Crippen MR) is 62.0 cm³/mol. The SMILES string of the molecule is Cc1cc(I)nn1CC1CCCC1(F)F. The van der Waals surface area contributed by atoms with Gasteiger partial charge in [0.25, 0.3) is 5.92 Å². The number of aryl methyl sites for hydroxylation is 1. The number of hydrogen-bond acceptors (Lipinski definition) is 1. The largest absolute Gasteiger partial charge is 0.268 e. The van der Waals surface area contributed by atoms with Crippen LogP contribution in [0.5, 0.6) is 0 Å². The van der Waals surface area contributed by atoms with E-state index in [9.17, 15) is 8.78 Å². The highest BCUT2D eigenvalue weighted by atomic mass is 127. The van der Waals surface area contributed by atoms with Crippen molar-refractivity contribution in [3.63, 3.8) is 0 Å². The first kappa shape index (κ1) is 11.3. The third-order valence-corrected chi connectivity index (χ3v) is 3.53. The van der Waals surface area contributed by atoms with E-state index in [0.717, 1.165) is 9.39 Å². The van der Waals surface area contributed by atoms with Gasteiger partial charge in [-0.25, -0.2) is 8.78 Å². The van der Waals surface area contributed by atoms with Crippen LogP contribution in [0.4, 0.5) is 8.78 Å². The Kier molecular flexibility index (Phi) is 3.00. The van der Waals surface area contributed by atoms with E-state index in [2.05, 4.69) is 27.7 Å². The maximum Gasteiger partial charge on any atom is 0.252 e. The van der Waals surface area contributed by atoms with E-state index in [1.807, 2.05) is 13.0 Å². The van der Waals surface area contributed by atoms with Crippen molar-refractivity contribution in [1.82, 2.24) is 9.78 Å². The summed E-state index contributed by atoms with van der Waals surface area (Å²) < 4.78 is 29.3. The molecule has 1 aromatic heterocycles. The molecule has 2 rings (SSSR count). The molecule has 1 aliphatic carbocycles. The number of halogens is 3. The average molecular weight is 326 g/mol. The molecule has 0 aromatic carbocycles. The zero-order chi connectivity index (χ0) is 11.1. The summed E-state index contributed by atoms with van der Waals surface area (Å²) >= 11 is 2.10. The lowest BCUT2D eigenvalue weighted by atomic mass is 10.1. The maximum atomic E-state index is 13.4. The van der Waals surface area contributed by atoms with E-state index in [1.165, 1.54) is 0 Å². The van der Waals surface area contributed by atoms with Crippen LogP contribution in [0, 0.1) is 16.5 Å². The Labute approximate surface area is 101 Å². The molecule has 84 valence electrons. The molecule has 1 fully saturated rings. The summed E-state index contributed by atoms with van der Waals surface area (Å²) in [6, 6.07) is 1.91. The number of rotatable bonds is 2. The second-order valence-corrected chi connectivity index (χ2v) is 5.25. The Bertz CT molecular complexity index is 362. The molecule has 0 N–H and O–H groups in total. The molecule has 0 bridgehead atoms. The van der Waals surface area contributed by atoms with E-state index in [1.54, 1.807) is 4.68 Å². The quantitative estimate of drug-likeness (QED) is 0.763. The van der Waals surface area contributed by atoms with Crippen LogP contribution in [-0.2, 0) is 6.54 Å². The molecule has 0 amide bonds. The van der Waals surface area contributed by atoms with Crippen molar-refractivity contribution in [1.29, 1.82) is 0 Å². The van der Waals surface area contributed by atoms with Crippen molar-refractivity contribution < 1.29 is 8.78 Å². The van der Waals surface area contributed by atoms with Gasteiger partial charge in [0.1, 0.15) is 3.70 Å². The minimum Gasteiger partial charge on any atom is -0.268 e. The fraction of sp³-hybridized carbons (Fsp3) is 0.700. The van der Waals surface area contributed by atoms with Crippen LogP contribution in [0.3, 0.4) is 0 Å². The van der Waals surface area contributed by atoms with Gasteiger partial charge < -0.3 is 0 Å². The van der Waals surface area contributed by atoms with Crippen molar-refractivity contribution in [3.8, 4) is 0 Å². The van der Waals surface area contributed by atoms with Crippen molar-refractivity contribution in [3.05, 3.63) is 15.5 Å².